The van der Waals surface area contributed by atoms with Gasteiger partial charge in [0.15, 0.2) is 0 Å². The van der Waals surface area contributed by atoms with Gasteiger partial charge in [0.05, 0.1) is 11.6 Å². The van der Waals surface area contributed by atoms with Crippen LogP contribution >= 0.6 is 0 Å². The summed E-state index contributed by atoms with van der Waals surface area (Å²) in [7, 11) is 0. The van der Waals surface area contributed by atoms with Crippen LogP contribution in [0.3, 0.4) is 0 Å². The third-order valence-corrected chi connectivity index (χ3v) is 4.63. The molecule has 0 unspecified atom stereocenters. The molecule has 4 rings (SSSR count). The number of benzene rings is 2. The highest BCUT2D eigenvalue weighted by molar-refractivity contribution is 5.85. The van der Waals surface area contributed by atoms with Gasteiger partial charge in [-0.05, 0) is 68.5 Å². The lowest BCUT2D eigenvalue weighted by atomic mass is 10.2. The fraction of sp³-hybridized carbons (Fsp3) is 0.300. The Morgan fingerprint density at radius 2 is 1.68 bits per heavy atom. The molecule has 1 aromatic heterocycles. The Balaban J connectivity index is 1.64. The van der Waals surface area contributed by atoms with Crippen LogP contribution in [-0.4, -0.2) is 10.7 Å². The first-order chi connectivity index (χ1) is 10.8. The van der Waals surface area contributed by atoms with Crippen LogP contribution in [0.2, 0.25) is 0 Å². The van der Waals surface area contributed by atoms with E-state index >= 15 is 0 Å². The van der Waals surface area contributed by atoms with Crippen LogP contribution in [0.15, 0.2) is 54.7 Å². The third kappa shape index (κ3) is 2.39. The summed E-state index contributed by atoms with van der Waals surface area (Å²) in [5.41, 5.74) is 3.74. The Kier molecular flexibility index (Phi) is 3.38. The smallest absolute Gasteiger partial charge is 0.119 e. The average Bonchev–Trinajstić information content (AvgIpc) is 3.17. The second-order valence-electron chi connectivity index (χ2n) is 6.22. The number of aromatic nitrogens is 1. The number of hydrogen-bond donors (Lipinski definition) is 0. The van der Waals surface area contributed by atoms with Gasteiger partial charge in [0.2, 0.25) is 0 Å². The van der Waals surface area contributed by atoms with Crippen LogP contribution in [0, 0.1) is 6.92 Å². The van der Waals surface area contributed by atoms with Crippen molar-refractivity contribution in [2.45, 2.75) is 38.7 Å². The second kappa shape index (κ2) is 5.53. The van der Waals surface area contributed by atoms with Crippen molar-refractivity contribution in [3.05, 3.63) is 60.3 Å². The van der Waals surface area contributed by atoms with E-state index in [0.29, 0.717) is 6.10 Å². The topological polar surface area (TPSA) is 14.2 Å². The molecule has 0 atom stereocenters. The number of aryl methyl sites for hydroxylation is 1. The van der Waals surface area contributed by atoms with Gasteiger partial charge in [-0.25, -0.2) is 0 Å². The van der Waals surface area contributed by atoms with Gasteiger partial charge in [-0.3, -0.25) is 0 Å². The van der Waals surface area contributed by atoms with Crippen molar-refractivity contribution in [1.29, 1.82) is 0 Å². The Morgan fingerprint density at radius 1 is 0.955 bits per heavy atom. The molecule has 0 N–H and O–H groups in total. The van der Waals surface area contributed by atoms with Crippen LogP contribution in [0.4, 0.5) is 0 Å². The molecule has 0 amide bonds. The molecule has 0 spiro atoms. The van der Waals surface area contributed by atoms with Crippen molar-refractivity contribution in [2.75, 3.05) is 0 Å². The van der Waals surface area contributed by atoms with Crippen LogP contribution in [-0.2, 0) is 0 Å². The summed E-state index contributed by atoms with van der Waals surface area (Å²) < 4.78 is 8.30. The summed E-state index contributed by atoms with van der Waals surface area (Å²) in [5, 5.41) is 1.31. The van der Waals surface area contributed by atoms with Crippen molar-refractivity contribution in [3.63, 3.8) is 0 Å². The second-order valence-corrected chi connectivity index (χ2v) is 6.22. The molecule has 1 aliphatic carbocycles. The summed E-state index contributed by atoms with van der Waals surface area (Å²) >= 11 is 0. The maximum Gasteiger partial charge on any atom is 0.119 e. The molecular formula is C20H21NO. The standard InChI is InChI=1S/C20H21NO/c1-15-14-21(20-9-5-4-8-19(15)20)16-10-12-18(13-11-16)22-17-6-2-3-7-17/h4-5,8-14,17H,2-3,6-7H2,1H3. The van der Waals surface area contributed by atoms with Gasteiger partial charge in [-0.2, -0.15) is 0 Å². The number of fused-ring (bicyclic) bond motifs is 1. The van der Waals surface area contributed by atoms with Crippen molar-refractivity contribution >= 4 is 10.9 Å². The molecule has 0 radical (unpaired) electrons. The predicted octanol–water partition coefficient (Wildman–Crippen LogP) is 5.26. The number of rotatable bonds is 3. The molecule has 3 aromatic rings. The Hall–Kier alpha value is -2.22. The zero-order valence-electron chi connectivity index (χ0n) is 13.0. The number of nitrogens with zero attached hydrogens (tertiary/aromatic N) is 1. The largest absolute Gasteiger partial charge is 0.490 e. The van der Waals surface area contributed by atoms with E-state index in [-0.39, 0.29) is 0 Å². The van der Waals surface area contributed by atoms with Crippen molar-refractivity contribution in [1.82, 2.24) is 4.57 Å². The maximum atomic E-state index is 6.05. The molecule has 2 heteroatoms. The number of hydrogen-bond acceptors (Lipinski definition) is 1. The summed E-state index contributed by atoms with van der Waals surface area (Å²) in [6.07, 6.45) is 7.62. The zero-order valence-corrected chi connectivity index (χ0v) is 13.0. The van der Waals surface area contributed by atoms with Crippen molar-refractivity contribution < 1.29 is 4.74 Å². The van der Waals surface area contributed by atoms with Gasteiger partial charge >= 0.3 is 0 Å². The molecule has 1 saturated carbocycles. The number of ether oxygens (including phenoxy) is 1. The highest BCUT2D eigenvalue weighted by atomic mass is 16.5. The molecule has 0 bridgehead atoms. The molecule has 2 nitrogen and oxygen atoms in total. The Morgan fingerprint density at radius 3 is 2.45 bits per heavy atom. The minimum atomic E-state index is 0.417. The highest BCUT2D eigenvalue weighted by Crippen LogP contribution is 2.27. The number of para-hydroxylation sites is 1. The summed E-state index contributed by atoms with van der Waals surface area (Å²) in [6, 6.07) is 17.0. The van der Waals surface area contributed by atoms with E-state index in [1.165, 1.54) is 47.8 Å². The van der Waals surface area contributed by atoms with Gasteiger partial charge in [-0.1, -0.05) is 18.2 Å². The Labute approximate surface area is 131 Å². The molecule has 0 aliphatic heterocycles. The maximum absolute atomic E-state index is 6.05. The fourth-order valence-electron chi connectivity index (χ4n) is 3.45. The van der Waals surface area contributed by atoms with E-state index in [2.05, 4.69) is 66.2 Å². The molecule has 0 saturated heterocycles. The zero-order chi connectivity index (χ0) is 14.9. The van der Waals surface area contributed by atoms with Crippen molar-refractivity contribution in [3.8, 4) is 11.4 Å². The molecule has 112 valence electrons. The minimum Gasteiger partial charge on any atom is -0.490 e. The van der Waals surface area contributed by atoms with E-state index in [1.807, 2.05) is 0 Å². The quantitative estimate of drug-likeness (QED) is 0.642. The van der Waals surface area contributed by atoms with Gasteiger partial charge in [0.25, 0.3) is 0 Å². The van der Waals surface area contributed by atoms with E-state index in [0.717, 1.165) is 5.75 Å². The monoisotopic (exact) mass is 291 g/mol. The lowest BCUT2D eigenvalue weighted by Crippen LogP contribution is -2.10. The van der Waals surface area contributed by atoms with Crippen LogP contribution in [0.25, 0.3) is 16.6 Å². The first-order valence-corrected chi connectivity index (χ1v) is 8.15. The molecule has 1 aliphatic rings. The van der Waals surface area contributed by atoms with Crippen LogP contribution < -0.4 is 4.74 Å². The molecular weight excluding hydrogens is 270 g/mol. The molecule has 1 fully saturated rings. The highest BCUT2D eigenvalue weighted by Gasteiger charge is 2.16. The van der Waals surface area contributed by atoms with E-state index in [9.17, 15) is 0 Å². The predicted molar refractivity (Wildman–Crippen MR) is 90.9 cm³/mol. The molecule has 1 heterocycles. The summed E-state index contributed by atoms with van der Waals surface area (Å²) in [4.78, 5) is 0. The molecule has 2 aromatic carbocycles. The lowest BCUT2D eigenvalue weighted by Gasteiger charge is -2.13. The van der Waals surface area contributed by atoms with E-state index < -0.39 is 0 Å². The third-order valence-electron chi connectivity index (χ3n) is 4.63. The van der Waals surface area contributed by atoms with Crippen molar-refractivity contribution in [2.24, 2.45) is 0 Å². The molecule has 22 heavy (non-hydrogen) atoms. The van der Waals surface area contributed by atoms with E-state index in [1.54, 1.807) is 0 Å². The first kappa shape index (κ1) is 13.4. The van der Waals surface area contributed by atoms with E-state index in [4.69, 9.17) is 4.74 Å². The van der Waals surface area contributed by atoms with Gasteiger partial charge in [0.1, 0.15) is 5.75 Å². The lowest BCUT2D eigenvalue weighted by molar-refractivity contribution is 0.210. The first-order valence-electron chi connectivity index (χ1n) is 8.15. The van der Waals surface area contributed by atoms with Gasteiger partial charge in [-0.15, -0.1) is 0 Å². The minimum absolute atomic E-state index is 0.417. The van der Waals surface area contributed by atoms with Crippen LogP contribution in [0.5, 0.6) is 5.75 Å². The van der Waals surface area contributed by atoms with Gasteiger partial charge in [0, 0.05) is 17.3 Å². The average molecular weight is 291 g/mol. The summed E-state index contributed by atoms with van der Waals surface area (Å²) in [5.74, 6) is 0.990. The SMILES string of the molecule is Cc1cn(-c2ccc(OC3CCCC3)cc2)c2ccccc12. The van der Waals surface area contributed by atoms with Gasteiger partial charge < -0.3 is 9.30 Å². The fourth-order valence-corrected chi connectivity index (χ4v) is 3.45. The Bertz CT molecular complexity index is 779. The van der Waals surface area contributed by atoms with Crippen LogP contribution in [0.1, 0.15) is 31.2 Å². The normalized spacial score (nSPS) is 15.5. The summed E-state index contributed by atoms with van der Waals surface area (Å²) in [6.45, 7) is 2.16.